The van der Waals surface area contributed by atoms with E-state index < -0.39 is 27.6 Å². The van der Waals surface area contributed by atoms with Gasteiger partial charge in [0.1, 0.15) is 0 Å². The molecule has 0 saturated heterocycles. The van der Waals surface area contributed by atoms with Gasteiger partial charge < -0.3 is 14.2 Å². The fourth-order valence-electron chi connectivity index (χ4n) is 2.37. The van der Waals surface area contributed by atoms with E-state index in [1.54, 1.807) is 18.2 Å². The minimum absolute atomic E-state index is 0.0829. The largest absolute Gasteiger partial charge is 0.523 e. The van der Waals surface area contributed by atoms with E-state index in [4.69, 9.17) is 14.2 Å². The van der Waals surface area contributed by atoms with Crippen molar-refractivity contribution >= 4 is 10.1 Å². The van der Waals surface area contributed by atoms with E-state index in [0.717, 1.165) is 0 Å². The number of allylic oxidation sites excluding steroid dienone is 3. The van der Waals surface area contributed by atoms with E-state index in [1.807, 2.05) is 0 Å². The van der Waals surface area contributed by atoms with Crippen LogP contribution in [-0.2, 0) is 28.5 Å². The highest BCUT2D eigenvalue weighted by molar-refractivity contribution is 7.87. The molecule has 0 saturated carbocycles. The second kappa shape index (κ2) is 16.4. The summed E-state index contributed by atoms with van der Waals surface area (Å²) in [4.78, 5) is 0. The lowest BCUT2D eigenvalue weighted by Gasteiger charge is -2.32. The van der Waals surface area contributed by atoms with Crippen molar-refractivity contribution in [1.82, 2.24) is 0 Å². The molecule has 10 heteroatoms. The van der Waals surface area contributed by atoms with E-state index in [2.05, 4.69) is 23.9 Å². The van der Waals surface area contributed by atoms with Gasteiger partial charge in [0.15, 0.2) is 0 Å². The Morgan fingerprint density at radius 3 is 1.32 bits per heavy atom. The van der Waals surface area contributed by atoms with E-state index in [9.17, 15) is 21.6 Å². The fraction of sp³-hybridized carbons (Fsp3) is 0.714. The van der Waals surface area contributed by atoms with Crippen LogP contribution in [0.5, 0.6) is 0 Å². The summed E-state index contributed by atoms with van der Waals surface area (Å²) in [7, 11) is -5.76. The summed E-state index contributed by atoms with van der Waals surface area (Å²) >= 11 is 0. The van der Waals surface area contributed by atoms with Gasteiger partial charge in [-0.2, -0.15) is 21.6 Å². The number of rotatable bonds is 21. The molecule has 0 unspecified atom stereocenters. The van der Waals surface area contributed by atoms with Crippen LogP contribution in [-0.4, -0.2) is 60.2 Å². The maximum Gasteiger partial charge on any atom is 0.523 e. The molecular formula is C21H35F3O6S. The van der Waals surface area contributed by atoms with Crippen LogP contribution in [0, 0.1) is 5.41 Å². The molecule has 0 fully saturated rings. The Balaban J connectivity index is 5.27. The van der Waals surface area contributed by atoms with Crippen LogP contribution in [0.4, 0.5) is 13.2 Å². The molecule has 0 aromatic rings. The van der Waals surface area contributed by atoms with Crippen LogP contribution in [0.2, 0.25) is 0 Å². The van der Waals surface area contributed by atoms with Crippen molar-refractivity contribution < 1.29 is 40.0 Å². The lowest BCUT2D eigenvalue weighted by molar-refractivity contribution is -0.0959. The van der Waals surface area contributed by atoms with Crippen LogP contribution < -0.4 is 0 Å². The summed E-state index contributed by atoms with van der Waals surface area (Å²) in [6.45, 7) is 10.8. The molecule has 0 aromatic heterocycles. The van der Waals surface area contributed by atoms with Crippen molar-refractivity contribution in [3.8, 4) is 0 Å². The topological polar surface area (TPSA) is 71.1 Å². The highest BCUT2D eigenvalue weighted by Gasteiger charge is 2.49. The fourth-order valence-corrected chi connectivity index (χ4v) is 2.91. The van der Waals surface area contributed by atoms with Crippen molar-refractivity contribution in [2.24, 2.45) is 5.41 Å². The Morgan fingerprint density at radius 1 is 0.677 bits per heavy atom. The third-order valence-corrected chi connectivity index (χ3v) is 5.11. The number of alkyl halides is 3. The summed E-state index contributed by atoms with van der Waals surface area (Å²) in [6.07, 6.45) is 9.31. The van der Waals surface area contributed by atoms with Crippen LogP contribution in [0.1, 0.15) is 38.5 Å². The molecule has 0 radical (unpaired) electrons. The molecular weight excluding hydrogens is 437 g/mol. The second-order valence-electron chi connectivity index (χ2n) is 7.11. The average Bonchev–Trinajstić information content (AvgIpc) is 2.71. The van der Waals surface area contributed by atoms with Gasteiger partial charge in [0.2, 0.25) is 0 Å². The molecule has 0 aliphatic rings. The summed E-state index contributed by atoms with van der Waals surface area (Å²) in [5.74, 6) is 0. The molecule has 0 amide bonds. The molecule has 0 atom stereocenters. The Bertz CT molecular complexity index is 559. The van der Waals surface area contributed by atoms with E-state index in [0.29, 0.717) is 58.3 Å². The van der Waals surface area contributed by atoms with E-state index >= 15 is 0 Å². The van der Waals surface area contributed by atoms with E-state index in [-0.39, 0.29) is 19.8 Å². The molecule has 31 heavy (non-hydrogen) atoms. The van der Waals surface area contributed by atoms with Crippen LogP contribution in [0.15, 0.2) is 38.0 Å². The predicted molar refractivity (Wildman–Crippen MR) is 114 cm³/mol. The molecule has 0 N–H and O–H groups in total. The molecule has 0 bridgehead atoms. The molecule has 0 aliphatic heterocycles. The first-order chi connectivity index (χ1) is 14.6. The maximum atomic E-state index is 12.7. The van der Waals surface area contributed by atoms with Crippen molar-refractivity contribution in [2.45, 2.75) is 44.0 Å². The summed E-state index contributed by atoms with van der Waals surface area (Å²) in [5.41, 5.74) is -6.74. The zero-order chi connectivity index (χ0) is 23.6. The number of hydrogen-bond donors (Lipinski definition) is 0. The summed E-state index contributed by atoms with van der Waals surface area (Å²) < 4.78 is 82.3. The quantitative estimate of drug-likeness (QED) is 0.104. The smallest absolute Gasteiger partial charge is 0.381 e. The number of unbranched alkanes of at least 4 members (excludes halogenated alkanes) is 3. The lowest BCUT2D eigenvalue weighted by Crippen LogP contribution is -2.43. The van der Waals surface area contributed by atoms with Crippen molar-refractivity contribution in [3.63, 3.8) is 0 Å². The molecule has 0 spiro atoms. The SMILES string of the molecule is C=CCCCOCC(COCCCC=C)(COCCCC=C)COS(=O)(=O)C(F)(F)F. The molecule has 0 heterocycles. The van der Waals surface area contributed by atoms with Crippen LogP contribution >= 0.6 is 0 Å². The van der Waals surface area contributed by atoms with Crippen molar-refractivity contribution in [1.29, 1.82) is 0 Å². The first-order valence-electron chi connectivity index (χ1n) is 10.2. The van der Waals surface area contributed by atoms with Crippen molar-refractivity contribution in [3.05, 3.63) is 38.0 Å². The highest BCUT2D eigenvalue weighted by atomic mass is 32.2. The summed E-state index contributed by atoms with van der Waals surface area (Å²) in [5, 5.41) is 0. The molecule has 0 aromatic carbocycles. The number of hydrogen-bond acceptors (Lipinski definition) is 6. The van der Waals surface area contributed by atoms with Gasteiger partial charge in [0.05, 0.1) is 31.8 Å². The van der Waals surface area contributed by atoms with Gasteiger partial charge >= 0.3 is 15.6 Å². The van der Waals surface area contributed by atoms with Crippen LogP contribution in [0.3, 0.4) is 0 Å². The Hall–Kier alpha value is -1.20. The highest BCUT2D eigenvalue weighted by Crippen LogP contribution is 2.28. The van der Waals surface area contributed by atoms with Gasteiger partial charge in [-0.1, -0.05) is 18.2 Å². The normalized spacial score (nSPS) is 12.6. The minimum Gasteiger partial charge on any atom is -0.381 e. The Kier molecular flexibility index (Phi) is 15.8. The van der Waals surface area contributed by atoms with E-state index in [1.165, 1.54) is 0 Å². The van der Waals surface area contributed by atoms with Gasteiger partial charge in [-0.15, -0.1) is 19.7 Å². The maximum absolute atomic E-state index is 12.7. The Labute approximate surface area is 184 Å². The van der Waals surface area contributed by atoms with Crippen LogP contribution in [0.25, 0.3) is 0 Å². The molecule has 0 aliphatic carbocycles. The van der Waals surface area contributed by atoms with Gasteiger partial charge in [0, 0.05) is 19.8 Å². The zero-order valence-corrected chi connectivity index (χ0v) is 18.9. The number of ether oxygens (including phenoxy) is 3. The second-order valence-corrected chi connectivity index (χ2v) is 8.72. The third kappa shape index (κ3) is 13.7. The molecule has 0 rings (SSSR count). The third-order valence-electron chi connectivity index (χ3n) is 4.12. The monoisotopic (exact) mass is 472 g/mol. The lowest BCUT2D eigenvalue weighted by atomic mass is 9.92. The zero-order valence-electron chi connectivity index (χ0n) is 18.0. The first kappa shape index (κ1) is 29.8. The molecule has 6 nitrogen and oxygen atoms in total. The Morgan fingerprint density at radius 2 is 1.03 bits per heavy atom. The summed E-state index contributed by atoms with van der Waals surface area (Å²) in [6, 6.07) is 0. The minimum atomic E-state index is -5.76. The molecule has 182 valence electrons. The standard InChI is InChI=1S/C21H35F3O6S/c1-4-7-10-13-27-16-20(17-28-14-11-8-5-2,18-29-15-12-9-6-3)19-30-31(25,26)21(22,23)24/h4-6H,1-3,7-19H2. The predicted octanol–water partition coefficient (Wildman–Crippen LogP) is 4.79. The van der Waals surface area contributed by atoms with Crippen molar-refractivity contribution in [2.75, 3.05) is 46.2 Å². The van der Waals surface area contributed by atoms with Gasteiger partial charge in [-0.25, -0.2) is 0 Å². The number of halogens is 3. The van der Waals surface area contributed by atoms with Gasteiger partial charge in [-0.3, -0.25) is 4.18 Å². The first-order valence-corrected chi connectivity index (χ1v) is 11.6. The van der Waals surface area contributed by atoms with Gasteiger partial charge in [0.25, 0.3) is 0 Å². The van der Waals surface area contributed by atoms with Gasteiger partial charge in [-0.05, 0) is 38.5 Å². The average molecular weight is 473 g/mol.